The van der Waals surface area contributed by atoms with E-state index < -0.39 is 0 Å². The minimum Gasteiger partial charge on any atom is -0.463 e. The van der Waals surface area contributed by atoms with E-state index in [1.165, 1.54) is 25.7 Å². The molecule has 6 heteroatoms. The molecule has 0 aromatic carbocycles. The predicted octanol–water partition coefficient (Wildman–Crippen LogP) is 2.62. The molecule has 0 bridgehead atoms. The molecule has 0 aliphatic heterocycles. The predicted molar refractivity (Wildman–Crippen MR) is 79.7 cm³/mol. The first kappa shape index (κ1) is 14.8. The molecule has 2 rings (SSSR count). The van der Waals surface area contributed by atoms with E-state index in [1.807, 2.05) is 6.92 Å². The maximum Gasteiger partial charge on any atom is 0.323 e. The van der Waals surface area contributed by atoms with Crippen LogP contribution in [0, 0.1) is 5.92 Å². The van der Waals surface area contributed by atoms with E-state index in [4.69, 9.17) is 10.5 Å². The fraction of sp³-hybridized carbons (Fsp3) is 0.786. The van der Waals surface area contributed by atoms with Crippen LogP contribution in [0.5, 0.6) is 6.01 Å². The second-order valence-electron chi connectivity index (χ2n) is 5.43. The molecule has 0 spiro atoms. The van der Waals surface area contributed by atoms with E-state index in [-0.39, 0.29) is 5.95 Å². The first-order valence-corrected chi connectivity index (χ1v) is 7.62. The van der Waals surface area contributed by atoms with Crippen LogP contribution in [0.15, 0.2) is 0 Å². The van der Waals surface area contributed by atoms with Crippen molar-refractivity contribution in [3.05, 3.63) is 0 Å². The van der Waals surface area contributed by atoms with Crippen molar-refractivity contribution in [3.8, 4) is 6.01 Å². The van der Waals surface area contributed by atoms with Crippen LogP contribution in [0.25, 0.3) is 0 Å². The third-order valence-corrected chi connectivity index (χ3v) is 3.76. The molecule has 112 valence electrons. The first-order valence-electron chi connectivity index (χ1n) is 7.62. The number of rotatable bonds is 6. The fourth-order valence-corrected chi connectivity index (χ4v) is 2.67. The van der Waals surface area contributed by atoms with Gasteiger partial charge >= 0.3 is 6.01 Å². The van der Waals surface area contributed by atoms with Crippen LogP contribution in [0.3, 0.4) is 0 Å². The van der Waals surface area contributed by atoms with Crippen molar-refractivity contribution in [1.82, 2.24) is 15.0 Å². The van der Waals surface area contributed by atoms with E-state index in [2.05, 4.69) is 27.2 Å². The Morgan fingerprint density at radius 2 is 2.10 bits per heavy atom. The number of nitrogens with zero attached hydrogens (tertiary/aromatic N) is 3. The summed E-state index contributed by atoms with van der Waals surface area (Å²) in [6.07, 6.45) is 7.08. The molecule has 6 nitrogen and oxygen atoms in total. The smallest absolute Gasteiger partial charge is 0.323 e. The number of nitrogen functional groups attached to an aromatic ring is 1. The molecule has 2 atom stereocenters. The second-order valence-corrected chi connectivity index (χ2v) is 5.43. The molecule has 0 radical (unpaired) electrons. The van der Waals surface area contributed by atoms with Crippen molar-refractivity contribution in [2.24, 2.45) is 5.92 Å². The topological polar surface area (TPSA) is 86.0 Å². The summed E-state index contributed by atoms with van der Waals surface area (Å²) in [5.41, 5.74) is 5.71. The maximum absolute atomic E-state index is 5.71. The highest BCUT2D eigenvalue weighted by molar-refractivity contribution is 5.33. The van der Waals surface area contributed by atoms with Crippen molar-refractivity contribution in [2.45, 2.75) is 58.4 Å². The summed E-state index contributed by atoms with van der Waals surface area (Å²) < 4.78 is 5.43. The number of hydrogen-bond donors (Lipinski definition) is 2. The summed E-state index contributed by atoms with van der Waals surface area (Å²) in [7, 11) is 0. The zero-order valence-electron chi connectivity index (χ0n) is 12.4. The Bertz CT molecular complexity index is 426. The lowest BCUT2D eigenvalue weighted by Gasteiger charge is -2.29. The monoisotopic (exact) mass is 279 g/mol. The molecule has 0 amide bonds. The molecule has 1 fully saturated rings. The lowest BCUT2D eigenvalue weighted by molar-refractivity contribution is 0.291. The molecule has 1 aromatic rings. The fourth-order valence-electron chi connectivity index (χ4n) is 2.67. The Morgan fingerprint density at radius 3 is 2.85 bits per heavy atom. The van der Waals surface area contributed by atoms with Crippen molar-refractivity contribution in [3.63, 3.8) is 0 Å². The Morgan fingerprint density at radius 1 is 1.25 bits per heavy atom. The highest BCUT2D eigenvalue weighted by atomic mass is 16.5. The number of anilines is 2. The van der Waals surface area contributed by atoms with Gasteiger partial charge in [0.05, 0.1) is 6.61 Å². The molecule has 1 aliphatic rings. The normalized spacial score (nSPS) is 22.5. The Kier molecular flexibility index (Phi) is 5.38. The van der Waals surface area contributed by atoms with Crippen LogP contribution in [0.2, 0.25) is 0 Å². The quantitative estimate of drug-likeness (QED) is 0.832. The van der Waals surface area contributed by atoms with Gasteiger partial charge in [0, 0.05) is 6.04 Å². The summed E-state index contributed by atoms with van der Waals surface area (Å²) >= 11 is 0. The summed E-state index contributed by atoms with van der Waals surface area (Å²) in [6.45, 7) is 4.88. The molecule has 0 saturated heterocycles. The Balaban J connectivity index is 1.99. The second kappa shape index (κ2) is 7.26. The molecule has 1 aliphatic carbocycles. The van der Waals surface area contributed by atoms with Crippen molar-refractivity contribution < 1.29 is 4.74 Å². The zero-order chi connectivity index (χ0) is 14.4. The zero-order valence-corrected chi connectivity index (χ0v) is 12.4. The van der Waals surface area contributed by atoms with E-state index >= 15 is 0 Å². The van der Waals surface area contributed by atoms with Crippen molar-refractivity contribution >= 4 is 11.9 Å². The minimum atomic E-state index is 0.205. The number of nitrogens with two attached hydrogens (primary N) is 1. The van der Waals surface area contributed by atoms with E-state index in [9.17, 15) is 0 Å². The van der Waals surface area contributed by atoms with E-state index in [0.29, 0.717) is 24.6 Å². The molecule has 1 aromatic heterocycles. The Labute approximate surface area is 120 Å². The average molecular weight is 279 g/mol. The third-order valence-electron chi connectivity index (χ3n) is 3.76. The summed E-state index contributed by atoms with van der Waals surface area (Å²) in [5, 5.41) is 3.38. The maximum atomic E-state index is 5.71. The lowest BCUT2D eigenvalue weighted by Crippen LogP contribution is -2.28. The summed E-state index contributed by atoms with van der Waals surface area (Å²) in [5.74, 6) is 1.54. The SMILES string of the molecule is CCCOc1nc(N)nc(NC2CCCC(CC)C2)n1. The van der Waals surface area contributed by atoms with Gasteiger partial charge in [-0.3, -0.25) is 0 Å². The molecule has 2 unspecified atom stereocenters. The third kappa shape index (κ3) is 4.21. The molecule has 1 heterocycles. The molecule has 3 N–H and O–H groups in total. The average Bonchev–Trinajstić information content (AvgIpc) is 2.44. The number of nitrogens with one attached hydrogen (secondary N) is 1. The van der Waals surface area contributed by atoms with Gasteiger partial charge in [-0.25, -0.2) is 0 Å². The van der Waals surface area contributed by atoms with Crippen molar-refractivity contribution in [2.75, 3.05) is 17.7 Å². The molecular weight excluding hydrogens is 254 g/mol. The van der Waals surface area contributed by atoms with Crippen LogP contribution < -0.4 is 15.8 Å². The minimum absolute atomic E-state index is 0.205. The standard InChI is InChI=1S/C14H25N5O/c1-3-8-20-14-18-12(15)17-13(19-14)16-11-7-5-6-10(4-2)9-11/h10-11H,3-9H2,1-2H3,(H3,15,16,17,18,19). The number of ether oxygens (including phenoxy) is 1. The lowest BCUT2D eigenvalue weighted by atomic mass is 9.84. The summed E-state index contributed by atoms with van der Waals surface area (Å²) in [4.78, 5) is 12.4. The van der Waals surface area contributed by atoms with Crippen LogP contribution >= 0.6 is 0 Å². The van der Waals surface area contributed by atoms with Crippen LogP contribution in [0.4, 0.5) is 11.9 Å². The van der Waals surface area contributed by atoms with Gasteiger partial charge < -0.3 is 15.8 Å². The van der Waals surface area contributed by atoms with E-state index in [1.54, 1.807) is 0 Å². The van der Waals surface area contributed by atoms with Gasteiger partial charge in [-0.1, -0.05) is 33.1 Å². The highest BCUT2D eigenvalue weighted by Crippen LogP contribution is 2.28. The van der Waals surface area contributed by atoms with Gasteiger partial charge in [-0.05, 0) is 25.2 Å². The number of aromatic nitrogens is 3. The Hall–Kier alpha value is -1.59. The van der Waals surface area contributed by atoms with Gasteiger partial charge in [-0.2, -0.15) is 15.0 Å². The van der Waals surface area contributed by atoms with Crippen molar-refractivity contribution in [1.29, 1.82) is 0 Å². The van der Waals surface area contributed by atoms with Gasteiger partial charge in [0.25, 0.3) is 0 Å². The highest BCUT2D eigenvalue weighted by Gasteiger charge is 2.21. The van der Waals surface area contributed by atoms with Crippen LogP contribution in [-0.4, -0.2) is 27.6 Å². The van der Waals surface area contributed by atoms with Gasteiger partial charge in [0.2, 0.25) is 11.9 Å². The molecule has 1 saturated carbocycles. The first-order chi connectivity index (χ1) is 9.71. The largest absolute Gasteiger partial charge is 0.463 e. The van der Waals surface area contributed by atoms with Crippen LogP contribution in [-0.2, 0) is 0 Å². The van der Waals surface area contributed by atoms with Gasteiger partial charge in [0.1, 0.15) is 0 Å². The van der Waals surface area contributed by atoms with E-state index in [0.717, 1.165) is 18.8 Å². The summed E-state index contributed by atoms with van der Waals surface area (Å²) in [6, 6.07) is 0.735. The van der Waals surface area contributed by atoms with Gasteiger partial charge in [0.15, 0.2) is 0 Å². The molecular formula is C14H25N5O. The van der Waals surface area contributed by atoms with Crippen LogP contribution in [0.1, 0.15) is 52.4 Å². The molecule has 20 heavy (non-hydrogen) atoms. The van der Waals surface area contributed by atoms with Gasteiger partial charge in [-0.15, -0.1) is 0 Å². The number of hydrogen-bond acceptors (Lipinski definition) is 6.